The Morgan fingerprint density at radius 2 is 0.857 bits per heavy atom. The van der Waals surface area contributed by atoms with Crippen molar-refractivity contribution in [1.82, 2.24) is 19.5 Å². The molecule has 0 unspecified atom stereocenters. The maximum Gasteiger partial charge on any atom is 0.238 e. The number of aromatic nitrogens is 4. The molecule has 56 heavy (non-hydrogen) atoms. The molecule has 3 aromatic heterocycles. The van der Waals surface area contributed by atoms with Gasteiger partial charge in [-0.2, -0.15) is 9.97 Å². The first kappa shape index (κ1) is 31.9. The lowest BCUT2D eigenvalue weighted by Gasteiger charge is -2.11. The largest absolute Gasteiger partial charge is 0.456 e. The molecule has 0 fully saturated rings. The molecule has 262 valence electrons. The molecule has 0 N–H and O–H groups in total. The number of nitrogens with zero attached hydrogens (tertiary/aromatic N) is 4. The normalized spacial score (nSPS) is 11.6. The van der Waals surface area contributed by atoms with Crippen molar-refractivity contribution in [2.45, 2.75) is 0 Å². The van der Waals surface area contributed by atoms with Gasteiger partial charge in [0.1, 0.15) is 11.2 Å². The van der Waals surface area contributed by atoms with E-state index in [9.17, 15) is 0 Å². The summed E-state index contributed by atoms with van der Waals surface area (Å²) in [6.07, 6.45) is 0. The highest BCUT2D eigenvalue weighted by Gasteiger charge is 2.20. The maximum absolute atomic E-state index is 6.53. The Kier molecular flexibility index (Phi) is 7.42. The fourth-order valence-corrected chi connectivity index (χ4v) is 7.99. The van der Waals surface area contributed by atoms with Crippen molar-refractivity contribution >= 4 is 43.7 Å². The van der Waals surface area contributed by atoms with E-state index in [1.807, 2.05) is 42.5 Å². The van der Waals surface area contributed by atoms with Crippen molar-refractivity contribution in [3.63, 3.8) is 0 Å². The van der Waals surface area contributed by atoms with Crippen LogP contribution in [0, 0.1) is 0 Å². The minimum Gasteiger partial charge on any atom is -0.456 e. The number of hydrogen-bond acceptors (Lipinski definition) is 4. The summed E-state index contributed by atoms with van der Waals surface area (Å²) in [6, 6.07) is 67.5. The summed E-state index contributed by atoms with van der Waals surface area (Å²) in [5.41, 5.74) is 12.3. The summed E-state index contributed by atoms with van der Waals surface area (Å²) in [6.45, 7) is 0. The summed E-state index contributed by atoms with van der Waals surface area (Å²) < 4.78 is 8.71. The van der Waals surface area contributed by atoms with E-state index >= 15 is 0 Å². The summed E-state index contributed by atoms with van der Waals surface area (Å²) in [7, 11) is 0. The van der Waals surface area contributed by atoms with Crippen LogP contribution in [0.1, 0.15) is 0 Å². The molecule has 0 saturated carbocycles. The average Bonchev–Trinajstić information content (AvgIpc) is 3.82. The lowest BCUT2D eigenvalue weighted by Crippen LogP contribution is -2.06. The molecule has 11 rings (SSSR count). The molecular weight excluding hydrogens is 685 g/mol. The second-order valence-electron chi connectivity index (χ2n) is 14.0. The summed E-state index contributed by atoms with van der Waals surface area (Å²) in [4.78, 5) is 15.6. The van der Waals surface area contributed by atoms with Crippen molar-refractivity contribution in [3.05, 3.63) is 194 Å². The zero-order chi connectivity index (χ0) is 37.0. The highest BCUT2D eigenvalue weighted by atomic mass is 16.3. The second-order valence-corrected chi connectivity index (χ2v) is 14.0. The molecule has 3 heterocycles. The van der Waals surface area contributed by atoms with Crippen molar-refractivity contribution in [3.8, 4) is 62.1 Å². The molecule has 0 atom stereocenters. The fraction of sp³-hybridized carbons (Fsp3) is 0. The summed E-state index contributed by atoms with van der Waals surface area (Å²) >= 11 is 0. The second kappa shape index (κ2) is 13.0. The predicted molar refractivity (Wildman–Crippen MR) is 229 cm³/mol. The zero-order valence-corrected chi connectivity index (χ0v) is 30.2. The van der Waals surface area contributed by atoms with E-state index < -0.39 is 0 Å². The van der Waals surface area contributed by atoms with Crippen LogP contribution >= 0.6 is 0 Å². The van der Waals surface area contributed by atoms with Gasteiger partial charge in [0, 0.05) is 32.7 Å². The van der Waals surface area contributed by atoms with Gasteiger partial charge in [0.05, 0.1) is 11.0 Å². The van der Waals surface area contributed by atoms with Crippen LogP contribution in [-0.2, 0) is 0 Å². The lowest BCUT2D eigenvalue weighted by atomic mass is 9.99. The van der Waals surface area contributed by atoms with E-state index in [-0.39, 0.29) is 0 Å². The zero-order valence-electron chi connectivity index (χ0n) is 30.2. The van der Waals surface area contributed by atoms with Crippen LogP contribution in [-0.4, -0.2) is 19.5 Å². The van der Waals surface area contributed by atoms with Crippen LogP contribution in [0.2, 0.25) is 0 Å². The van der Waals surface area contributed by atoms with Crippen molar-refractivity contribution in [2.24, 2.45) is 0 Å². The van der Waals surface area contributed by atoms with E-state index in [0.717, 1.165) is 77.1 Å². The summed E-state index contributed by atoms with van der Waals surface area (Å²) in [5, 5.41) is 4.39. The topological polar surface area (TPSA) is 56.7 Å². The quantitative estimate of drug-likeness (QED) is 0.172. The molecule has 11 aromatic rings. The lowest BCUT2D eigenvalue weighted by molar-refractivity contribution is 0.669. The molecule has 0 bridgehead atoms. The number of benzene rings is 8. The first-order valence-electron chi connectivity index (χ1n) is 18.8. The van der Waals surface area contributed by atoms with Gasteiger partial charge < -0.3 is 4.42 Å². The Balaban J connectivity index is 1.14. The van der Waals surface area contributed by atoms with Crippen LogP contribution in [0.15, 0.2) is 199 Å². The molecule has 5 heteroatoms. The molecule has 0 amide bonds. The highest BCUT2D eigenvalue weighted by Crippen LogP contribution is 2.40. The first-order valence-corrected chi connectivity index (χ1v) is 18.8. The van der Waals surface area contributed by atoms with Gasteiger partial charge in [-0.25, -0.2) is 4.98 Å². The third kappa shape index (κ3) is 5.37. The number of hydrogen-bond donors (Lipinski definition) is 0. The Bertz CT molecular complexity index is 3130. The Morgan fingerprint density at radius 1 is 0.339 bits per heavy atom. The van der Waals surface area contributed by atoms with Crippen LogP contribution in [0.5, 0.6) is 0 Å². The molecule has 0 aliphatic carbocycles. The van der Waals surface area contributed by atoms with Gasteiger partial charge in [-0.1, -0.05) is 152 Å². The van der Waals surface area contributed by atoms with Crippen molar-refractivity contribution in [2.75, 3.05) is 0 Å². The first-order chi connectivity index (χ1) is 27.7. The minimum absolute atomic E-state index is 0.546. The summed E-state index contributed by atoms with van der Waals surface area (Å²) in [5.74, 6) is 1.71. The SMILES string of the molecule is c1ccc(-c2ccc3c(c2)c2cc(-c4ccccc4)ccc2n3-c2nc(-c3ccccc3)nc(-c3ccc4c(c3)oc3cccc(-c5ccccc5)c34)n2)cc1. The van der Waals surface area contributed by atoms with E-state index in [1.165, 1.54) is 11.1 Å². The van der Waals surface area contributed by atoms with Crippen LogP contribution < -0.4 is 0 Å². The van der Waals surface area contributed by atoms with Crippen LogP contribution in [0.25, 0.3) is 106 Å². The molecule has 0 radical (unpaired) electrons. The van der Waals surface area contributed by atoms with Gasteiger partial charge in [0.15, 0.2) is 11.6 Å². The Morgan fingerprint density at radius 3 is 1.45 bits per heavy atom. The van der Waals surface area contributed by atoms with E-state index in [0.29, 0.717) is 17.6 Å². The minimum atomic E-state index is 0.546. The van der Waals surface area contributed by atoms with Gasteiger partial charge in [0.2, 0.25) is 5.95 Å². The molecule has 5 nitrogen and oxygen atoms in total. The number of furan rings is 1. The molecule has 0 aliphatic rings. The molecular formula is C51H32N4O. The Hall–Kier alpha value is -7.63. The smallest absolute Gasteiger partial charge is 0.238 e. The van der Waals surface area contributed by atoms with Crippen molar-refractivity contribution < 1.29 is 4.42 Å². The van der Waals surface area contributed by atoms with Crippen LogP contribution in [0.3, 0.4) is 0 Å². The predicted octanol–water partition coefficient (Wildman–Crippen LogP) is 13.2. The van der Waals surface area contributed by atoms with E-state index in [4.69, 9.17) is 19.4 Å². The van der Waals surface area contributed by atoms with Gasteiger partial charge in [-0.05, 0) is 75.8 Å². The molecule has 8 aromatic carbocycles. The van der Waals surface area contributed by atoms with Gasteiger partial charge in [0.25, 0.3) is 0 Å². The molecule has 0 spiro atoms. The Labute approximate surface area is 322 Å². The van der Waals surface area contributed by atoms with Gasteiger partial charge in [-0.3, -0.25) is 4.57 Å². The standard InChI is InChI=1S/C51H32N4O/c1-5-14-33(15-6-1)37-25-28-44-42(30-37)43-31-38(34-16-7-2-8-17-34)26-29-45(43)55(44)51-53-49(36-20-11-4-12-21-36)52-50(54-51)39-24-27-41-47(32-39)56-46-23-13-22-40(48(41)46)35-18-9-3-10-19-35/h1-32H. The van der Waals surface area contributed by atoms with Crippen molar-refractivity contribution in [1.29, 1.82) is 0 Å². The fourth-order valence-electron chi connectivity index (χ4n) is 7.99. The average molecular weight is 717 g/mol. The monoisotopic (exact) mass is 716 g/mol. The maximum atomic E-state index is 6.53. The van der Waals surface area contributed by atoms with Gasteiger partial charge >= 0.3 is 0 Å². The van der Waals surface area contributed by atoms with E-state index in [1.54, 1.807) is 0 Å². The third-order valence-electron chi connectivity index (χ3n) is 10.7. The van der Waals surface area contributed by atoms with Gasteiger partial charge in [-0.15, -0.1) is 0 Å². The molecule has 0 saturated heterocycles. The highest BCUT2D eigenvalue weighted by molar-refractivity contribution is 6.13. The number of fused-ring (bicyclic) bond motifs is 6. The third-order valence-corrected chi connectivity index (χ3v) is 10.7. The number of rotatable bonds is 6. The molecule has 0 aliphatic heterocycles. The van der Waals surface area contributed by atoms with E-state index in [2.05, 4.69) is 156 Å². The van der Waals surface area contributed by atoms with Crippen LogP contribution in [0.4, 0.5) is 0 Å².